The molecule has 10 nitrogen and oxygen atoms in total. The van der Waals surface area contributed by atoms with Crippen molar-refractivity contribution < 1.29 is 19.0 Å². The van der Waals surface area contributed by atoms with E-state index in [1.54, 1.807) is 0 Å². The Hall–Kier alpha value is -3.44. The molecule has 2 aromatic heterocycles. The first kappa shape index (κ1) is 17.0. The zero-order valence-corrected chi connectivity index (χ0v) is 13.8. The number of anilines is 1. The van der Waals surface area contributed by atoms with Crippen LogP contribution < -0.4 is 10.9 Å². The van der Waals surface area contributed by atoms with Crippen LogP contribution in [0.4, 0.5) is 16.0 Å². The van der Waals surface area contributed by atoms with Crippen LogP contribution in [0, 0.1) is 5.82 Å². The van der Waals surface area contributed by atoms with Crippen LogP contribution in [-0.2, 0) is 16.3 Å². The van der Waals surface area contributed by atoms with Gasteiger partial charge < -0.3 is 15.2 Å². The normalized spacial score (nSPS) is 14.7. The number of aliphatic imine (C=N–C) groups is 1. The van der Waals surface area contributed by atoms with E-state index in [1.165, 1.54) is 29.1 Å². The molecule has 1 aliphatic rings. The zero-order valence-electron chi connectivity index (χ0n) is 13.8. The third-order valence-corrected chi connectivity index (χ3v) is 3.85. The molecule has 1 aliphatic heterocycles. The number of fused-ring (bicyclic) bond motifs is 2. The number of imidazole rings is 1. The summed E-state index contributed by atoms with van der Waals surface area (Å²) < 4.78 is 20.2. The van der Waals surface area contributed by atoms with Crippen molar-refractivity contribution in [3.8, 4) is 0 Å². The number of halogens is 1. The first-order valence-corrected chi connectivity index (χ1v) is 7.90. The second kappa shape index (κ2) is 6.70. The highest BCUT2D eigenvalue weighted by Gasteiger charge is 2.27. The molecule has 0 bridgehead atoms. The molecule has 3 N–H and O–H groups in total. The molecule has 0 aliphatic carbocycles. The van der Waals surface area contributed by atoms with Crippen LogP contribution in [-0.4, -0.2) is 49.5 Å². The number of aliphatic hydroxyl groups excluding tert-OH is 1. The molecular formula is C16H13FN6O4. The van der Waals surface area contributed by atoms with Gasteiger partial charge in [0.15, 0.2) is 11.2 Å². The van der Waals surface area contributed by atoms with Crippen molar-refractivity contribution >= 4 is 34.4 Å². The van der Waals surface area contributed by atoms with Gasteiger partial charge in [-0.3, -0.25) is 19.1 Å². The highest BCUT2D eigenvalue weighted by atomic mass is 19.1. The van der Waals surface area contributed by atoms with E-state index < -0.39 is 17.3 Å². The third-order valence-electron chi connectivity index (χ3n) is 3.85. The van der Waals surface area contributed by atoms with Crippen molar-refractivity contribution in [2.45, 2.75) is 6.73 Å². The number of aromatic amines is 1. The lowest BCUT2D eigenvalue weighted by Crippen LogP contribution is -2.15. The van der Waals surface area contributed by atoms with Crippen LogP contribution in [0.25, 0.3) is 11.2 Å². The van der Waals surface area contributed by atoms with Gasteiger partial charge in [0.2, 0.25) is 5.95 Å². The maximum absolute atomic E-state index is 13.5. The van der Waals surface area contributed by atoms with Gasteiger partial charge in [-0.2, -0.15) is 4.98 Å². The highest BCUT2D eigenvalue weighted by molar-refractivity contribution is 6.54. The fourth-order valence-corrected chi connectivity index (χ4v) is 2.66. The van der Waals surface area contributed by atoms with Gasteiger partial charge in [-0.15, -0.1) is 0 Å². The van der Waals surface area contributed by atoms with Gasteiger partial charge in [-0.05, 0) is 18.2 Å². The number of benzene rings is 1. The number of nitrogens with zero attached hydrogens (tertiary/aromatic N) is 4. The Morgan fingerprint density at radius 2 is 2.19 bits per heavy atom. The zero-order chi connectivity index (χ0) is 19.0. The molecule has 3 heterocycles. The van der Waals surface area contributed by atoms with Crippen molar-refractivity contribution in [1.29, 1.82) is 0 Å². The summed E-state index contributed by atoms with van der Waals surface area (Å²) in [7, 11) is 0. The number of H-pyrrole nitrogens is 1. The summed E-state index contributed by atoms with van der Waals surface area (Å²) in [5.41, 5.74) is 0.379. The van der Waals surface area contributed by atoms with Crippen molar-refractivity contribution in [2.75, 3.05) is 18.5 Å². The Labute approximate surface area is 150 Å². The number of nitrogens with one attached hydrogen (secondary N) is 2. The lowest BCUT2D eigenvalue weighted by molar-refractivity contribution is -0.110. The molecule has 0 saturated heterocycles. The van der Waals surface area contributed by atoms with Gasteiger partial charge in [-0.1, -0.05) is 0 Å². The van der Waals surface area contributed by atoms with Crippen molar-refractivity contribution in [2.24, 2.45) is 4.99 Å². The third kappa shape index (κ3) is 3.09. The van der Waals surface area contributed by atoms with Gasteiger partial charge in [-0.25, -0.2) is 14.4 Å². The molecule has 1 aromatic carbocycles. The first-order chi connectivity index (χ1) is 13.1. The highest BCUT2D eigenvalue weighted by Crippen LogP contribution is 2.25. The second-order valence-corrected chi connectivity index (χ2v) is 5.64. The van der Waals surface area contributed by atoms with Crippen LogP contribution in [0.1, 0.15) is 5.56 Å². The lowest BCUT2D eigenvalue weighted by atomic mass is 10.1. The molecule has 27 heavy (non-hydrogen) atoms. The second-order valence-electron chi connectivity index (χ2n) is 5.64. The number of aliphatic hydroxyl groups is 1. The summed E-state index contributed by atoms with van der Waals surface area (Å²) in [4.78, 5) is 39.1. The first-order valence-electron chi connectivity index (χ1n) is 7.90. The van der Waals surface area contributed by atoms with E-state index in [0.29, 0.717) is 5.69 Å². The van der Waals surface area contributed by atoms with Gasteiger partial charge >= 0.3 is 0 Å². The molecule has 0 unspecified atom stereocenters. The van der Waals surface area contributed by atoms with Gasteiger partial charge in [0.05, 0.1) is 25.2 Å². The SMILES string of the molecule is O=C1Nc2ccc(F)cc2C1=Nc1nc2c(ncn2COCCO)c(=O)[nH]1. The molecule has 138 valence electrons. The predicted octanol–water partition coefficient (Wildman–Crippen LogP) is 0.298. The Bertz CT molecular complexity index is 1140. The van der Waals surface area contributed by atoms with E-state index in [0.717, 1.165) is 0 Å². The summed E-state index contributed by atoms with van der Waals surface area (Å²) in [6.45, 7) is -0.0107. The summed E-state index contributed by atoms with van der Waals surface area (Å²) in [6.07, 6.45) is 1.37. The summed E-state index contributed by atoms with van der Waals surface area (Å²) in [5.74, 6) is -1.18. The molecule has 1 amide bonds. The van der Waals surface area contributed by atoms with E-state index in [-0.39, 0.29) is 48.3 Å². The van der Waals surface area contributed by atoms with E-state index in [1.807, 2.05) is 0 Å². The van der Waals surface area contributed by atoms with Crippen LogP contribution in [0.5, 0.6) is 0 Å². The molecule has 0 spiro atoms. The predicted molar refractivity (Wildman–Crippen MR) is 92.4 cm³/mol. The maximum Gasteiger partial charge on any atom is 0.280 e. The average Bonchev–Trinajstić information content (AvgIpc) is 3.17. The Morgan fingerprint density at radius 1 is 1.33 bits per heavy atom. The number of ether oxygens (including phenoxy) is 1. The molecule has 11 heteroatoms. The van der Waals surface area contributed by atoms with E-state index in [4.69, 9.17) is 9.84 Å². The largest absolute Gasteiger partial charge is 0.394 e. The topological polar surface area (TPSA) is 134 Å². The number of hydrogen-bond donors (Lipinski definition) is 3. The van der Waals surface area contributed by atoms with Gasteiger partial charge in [0.1, 0.15) is 18.3 Å². The lowest BCUT2D eigenvalue weighted by Gasteiger charge is -2.04. The molecule has 0 fully saturated rings. The van der Waals surface area contributed by atoms with Crippen LogP contribution in [0.2, 0.25) is 0 Å². The maximum atomic E-state index is 13.5. The van der Waals surface area contributed by atoms with E-state index in [9.17, 15) is 14.0 Å². The number of aromatic nitrogens is 4. The molecule has 0 radical (unpaired) electrons. The standard InChI is InChI=1S/C16H13FN6O4/c17-8-1-2-10-9(5-8)11(14(25)19-10)20-16-21-13-12(15(26)22-16)18-6-23(13)7-27-4-3-24/h1-2,5-6,24H,3-4,7H2,(H2,19,20,21,22,25,26). The van der Waals surface area contributed by atoms with Crippen LogP contribution in [0.3, 0.4) is 0 Å². The van der Waals surface area contributed by atoms with Crippen molar-refractivity contribution in [1.82, 2.24) is 19.5 Å². The number of rotatable bonds is 5. The van der Waals surface area contributed by atoms with Crippen LogP contribution in [0.15, 0.2) is 34.3 Å². The minimum Gasteiger partial charge on any atom is -0.394 e. The van der Waals surface area contributed by atoms with Crippen LogP contribution >= 0.6 is 0 Å². The Morgan fingerprint density at radius 3 is 3.00 bits per heavy atom. The molecular weight excluding hydrogens is 359 g/mol. The monoisotopic (exact) mass is 372 g/mol. The fourth-order valence-electron chi connectivity index (χ4n) is 2.66. The summed E-state index contributed by atoms with van der Waals surface area (Å²) in [6, 6.07) is 3.83. The summed E-state index contributed by atoms with van der Waals surface area (Å²) in [5, 5.41) is 11.3. The number of carbonyl (C=O) groups is 1. The number of carbonyl (C=O) groups excluding carboxylic acids is 1. The van der Waals surface area contributed by atoms with Gasteiger partial charge in [0.25, 0.3) is 11.5 Å². The van der Waals surface area contributed by atoms with E-state index in [2.05, 4.69) is 25.3 Å². The fraction of sp³-hybridized carbons (Fsp3) is 0.188. The minimum atomic E-state index is -0.543. The molecule has 0 saturated carbocycles. The van der Waals surface area contributed by atoms with Crippen molar-refractivity contribution in [3.63, 3.8) is 0 Å². The average molecular weight is 372 g/mol. The molecule has 0 atom stereocenters. The molecule has 4 rings (SSSR count). The smallest absolute Gasteiger partial charge is 0.280 e. The van der Waals surface area contributed by atoms with Gasteiger partial charge in [0, 0.05) is 5.56 Å². The molecule has 3 aromatic rings. The quantitative estimate of drug-likeness (QED) is 0.551. The van der Waals surface area contributed by atoms with E-state index >= 15 is 0 Å². The number of amides is 1. The Kier molecular flexibility index (Phi) is 4.22. The Balaban J connectivity index is 1.77. The minimum absolute atomic E-state index is 0.0258. The summed E-state index contributed by atoms with van der Waals surface area (Å²) >= 11 is 0. The van der Waals surface area contributed by atoms with Crippen molar-refractivity contribution in [3.05, 3.63) is 46.3 Å². The number of hydrogen-bond acceptors (Lipinski definition) is 7.